The van der Waals surface area contributed by atoms with Crippen LogP contribution in [0.15, 0.2) is 412 Å². The Labute approximate surface area is 831 Å². The highest BCUT2D eigenvalue weighted by Gasteiger charge is 2.31. The van der Waals surface area contributed by atoms with Crippen LogP contribution in [0.2, 0.25) is 0 Å². The molecule has 734 valence electrons. The number of alkyl halides is 3. The normalized spacial score (nSPS) is 10.6. The van der Waals surface area contributed by atoms with Crippen LogP contribution in [0.3, 0.4) is 0 Å². The van der Waals surface area contributed by atoms with Gasteiger partial charge in [0.1, 0.15) is 54.4 Å². The molecule has 0 atom stereocenters. The molecule has 145 heavy (non-hydrogen) atoms. The number of aliphatic hydroxyl groups is 3. The number of ether oxygens (including phenoxy) is 5. The molecule has 19 rings (SSSR count). The zero-order valence-electron chi connectivity index (χ0n) is 79.7. The molecule has 0 radical (unpaired) electrons. The number of allylic oxidation sites excluding steroid dienone is 8. The molecule has 0 aliphatic carbocycles. The van der Waals surface area contributed by atoms with Crippen LogP contribution in [0.4, 0.5) is 17.6 Å². The van der Waals surface area contributed by atoms with Gasteiger partial charge in [-0.25, -0.2) is 4.39 Å². The van der Waals surface area contributed by atoms with Gasteiger partial charge in [-0.1, -0.05) is 149 Å². The van der Waals surface area contributed by atoms with Crippen molar-refractivity contribution in [1.29, 1.82) is 0 Å². The van der Waals surface area contributed by atoms with Crippen LogP contribution in [0.5, 0.6) is 28.7 Å². The number of hydrogen-bond acceptors (Lipinski definition) is 16. The number of hydrogen-bond donors (Lipinski definition) is 3. The number of aliphatic hydroxyl groups excluding tert-OH is 3. The summed E-state index contributed by atoms with van der Waals surface area (Å²) in [6.45, 7) is 32.1. The third-order valence-corrected chi connectivity index (χ3v) is 22.6. The standard InChI is InChI=1S/C20H16F3NO2.C18H14FNO2.C18H15NO2.C13H13NO2.4C12H11NO2/c1-3-19(25)24-7-6-15-11-17(4-5-18(15)24)26-12-14-8-13(2)9-16(10-14)20(21,22)23;1-2-18(21)20-9-8-14-11-16(6-7-17(14)20)22-12-13-4-3-5-15(19)10-13;1-2-18(20)19-11-10-15-12-16(8-9-17(15)19)21-13-14-6-4-3-5-7-14;1-3-13(16)14-9(2)6-11-7-10(8-15)4-5-12(11)14;1-3-12(14)13-8-7-9-10(13)5-4-6-11(9)15-2;1-3-11(14)13-8-7-9-5-4-6-10(15-2)12(9)13;1-2-12(15)13-6-5-10-7-9(8-14)3-4-11(10)13;1-2-12(15)13-6-5-10-4-3-9(8-14)7-11(10)13/h3-11H,1,12H2,2H3;2-11H,1,12H2;2-12H,1,13H2;3-7,15H,1,8H2,2H3;2*3-8H,1H2,2H3;2*2-7,14H,1,8H2. The molecular weight excluding hydrogens is 1850 g/mol. The van der Waals surface area contributed by atoms with E-state index >= 15 is 0 Å². The van der Waals surface area contributed by atoms with E-state index in [1.165, 1.54) is 83.6 Å². The molecule has 0 saturated heterocycles. The summed E-state index contributed by atoms with van der Waals surface area (Å²) in [6.07, 6.45) is 17.8. The fourth-order valence-corrected chi connectivity index (χ4v) is 15.6. The number of carbonyl (C=O) groups excluding carboxylic acids is 8. The summed E-state index contributed by atoms with van der Waals surface area (Å²) < 4.78 is 91.6. The van der Waals surface area contributed by atoms with E-state index in [-0.39, 0.29) is 86.1 Å². The summed E-state index contributed by atoms with van der Waals surface area (Å²) in [6, 6.07) is 79.1. The fourth-order valence-electron chi connectivity index (χ4n) is 15.6. The van der Waals surface area contributed by atoms with E-state index in [1.54, 1.807) is 139 Å². The summed E-state index contributed by atoms with van der Waals surface area (Å²) in [5, 5.41) is 34.4. The molecule has 0 bridgehead atoms. The third kappa shape index (κ3) is 26.0. The van der Waals surface area contributed by atoms with Crippen molar-refractivity contribution in [2.24, 2.45) is 0 Å². The SMILES string of the molecule is C=CC(=O)n1c(C)cc2cc(CO)ccc21.C=CC(=O)n1ccc2c(OC)cccc21.C=CC(=O)n1ccc2cc(CO)ccc21.C=CC(=O)n1ccc2cc(OCc3cc(C)cc(C(F)(F)F)c3)ccc21.C=CC(=O)n1ccc2cc(OCc3cccc(F)c3)ccc21.C=CC(=O)n1ccc2cc(OCc3ccccc3)ccc21.C=CC(=O)n1ccc2ccc(CO)cc21.C=CC(=O)n1ccc2cccc(OC)c21. The van der Waals surface area contributed by atoms with Gasteiger partial charge in [-0.3, -0.25) is 74.9 Å². The smallest absolute Gasteiger partial charge is 0.416 e. The van der Waals surface area contributed by atoms with Gasteiger partial charge in [-0.2, -0.15) is 13.2 Å². The van der Waals surface area contributed by atoms with Crippen LogP contribution < -0.4 is 23.7 Å². The second kappa shape index (κ2) is 49.5. The van der Waals surface area contributed by atoms with Crippen LogP contribution in [0, 0.1) is 19.7 Å². The second-order valence-electron chi connectivity index (χ2n) is 32.1. The van der Waals surface area contributed by atoms with Crippen molar-refractivity contribution >= 4 is 134 Å². The molecule has 11 aromatic carbocycles. The molecule has 0 fully saturated rings. The predicted molar refractivity (Wildman–Crippen MR) is 560 cm³/mol. The van der Waals surface area contributed by atoms with Gasteiger partial charge in [0.15, 0.2) is 0 Å². The number of benzene rings is 11. The third-order valence-electron chi connectivity index (χ3n) is 22.6. The first kappa shape index (κ1) is 106. The Morgan fingerprint density at radius 2 is 0.683 bits per heavy atom. The maximum Gasteiger partial charge on any atom is 0.416 e. The molecule has 0 aliphatic rings. The molecule has 24 nitrogen and oxygen atoms in total. The number of methoxy groups -OCH3 is 2. The van der Waals surface area contributed by atoms with Crippen LogP contribution in [0.25, 0.3) is 87.2 Å². The quantitative estimate of drug-likeness (QED) is 0.0420. The van der Waals surface area contributed by atoms with E-state index in [4.69, 9.17) is 39.0 Å². The molecule has 3 N–H and O–H groups in total. The summed E-state index contributed by atoms with van der Waals surface area (Å²) in [5.74, 6) is 1.83. The highest BCUT2D eigenvalue weighted by Crippen LogP contribution is 2.34. The number of aromatic nitrogens is 8. The molecule has 0 aliphatic heterocycles. The average Bonchev–Trinajstić information content (AvgIpc) is 1.64. The molecule has 8 aromatic heterocycles. The van der Waals surface area contributed by atoms with Crippen LogP contribution in [0.1, 0.15) is 88.6 Å². The summed E-state index contributed by atoms with van der Waals surface area (Å²) in [4.78, 5) is 92.7. The zero-order valence-corrected chi connectivity index (χ0v) is 79.7. The number of halogens is 4. The minimum absolute atomic E-state index is 0.00950. The Hall–Kier alpha value is -18.4. The Kier molecular flexibility index (Phi) is 36.0. The van der Waals surface area contributed by atoms with Crippen molar-refractivity contribution < 1.29 is 94.9 Å². The number of fused-ring (bicyclic) bond motifs is 8. The monoisotopic (exact) mass is 1950 g/mol. The minimum Gasteiger partial charge on any atom is -0.496 e. The number of nitrogens with zero attached hydrogens (tertiary/aromatic N) is 8. The van der Waals surface area contributed by atoms with Gasteiger partial charge in [0.2, 0.25) is 0 Å². The lowest BCUT2D eigenvalue weighted by atomic mass is 10.1. The van der Waals surface area contributed by atoms with Crippen molar-refractivity contribution in [2.75, 3.05) is 14.2 Å². The Bertz CT molecular complexity index is 8070. The van der Waals surface area contributed by atoms with E-state index in [0.29, 0.717) is 40.5 Å². The summed E-state index contributed by atoms with van der Waals surface area (Å²) >= 11 is 0. The van der Waals surface area contributed by atoms with E-state index < -0.39 is 11.7 Å². The van der Waals surface area contributed by atoms with Crippen LogP contribution >= 0.6 is 0 Å². The Balaban J connectivity index is 0.000000149. The molecule has 8 heterocycles. The van der Waals surface area contributed by atoms with Gasteiger partial charge in [0, 0.05) is 92.2 Å². The molecule has 0 unspecified atom stereocenters. The number of carbonyl (C=O) groups is 8. The lowest BCUT2D eigenvalue weighted by molar-refractivity contribution is -0.137. The molecule has 28 heteroatoms. The first-order valence-corrected chi connectivity index (χ1v) is 44.9. The van der Waals surface area contributed by atoms with Gasteiger partial charge in [0.05, 0.1) is 83.7 Å². The van der Waals surface area contributed by atoms with Gasteiger partial charge in [0.25, 0.3) is 47.3 Å². The number of rotatable bonds is 22. The van der Waals surface area contributed by atoms with Gasteiger partial charge in [-0.15, -0.1) is 0 Å². The fraction of sp³-hybridized carbons (Fsp3) is 0.0940. The Morgan fingerprint density at radius 3 is 1.16 bits per heavy atom. The van der Waals surface area contributed by atoms with Crippen molar-refractivity contribution in [3.8, 4) is 28.7 Å². The van der Waals surface area contributed by atoms with Gasteiger partial charge < -0.3 is 39.0 Å². The maximum absolute atomic E-state index is 13.1. The van der Waals surface area contributed by atoms with Gasteiger partial charge >= 0.3 is 6.18 Å². The largest absolute Gasteiger partial charge is 0.496 e. The lowest BCUT2D eigenvalue weighted by Gasteiger charge is -2.12. The van der Waals surface area contributed by atoms with Crippen molar-refractivity contribution in [2.45, 2.75) is 59.7 Å². The molecule has 0 saturated carbocycles. The highest BCUT2D eigenvalue weighted by molar-refractivity contribution is 6.05. The van der Waals surface area contributed by atoms with E-state index in [1.807, 2.05) is 189 Å². The maximum atomic E-state index is 13.1. The number of para-hydroxylation sites is 1. The molecule has 19 aromatic rings. The van der Waals surface area contributed by atoms with Crippen LogP contribution in [-0.2, 0) is 45.8 Å². The number of aryl methyl sites for hydroxylation is 2. The van der Waals surface area contributed by atoms with E-state index in [0.717, 1.165) is 139 Å². The highest BCUT2D eigenvalue weighted by atomic mass is 19.4. The van der Waals surface area contributed by atoms with Crippen molar-refractivity contribution in [1.82, 2.24) is 36.5 Å². The van der Waals surface area contributed by atoms with E-state index in [9.17, 15) is 55.9 Å². The second-order valence-corrected chi connectivity index (χ2v) is 32.1. The molecular formula is C117H102F4N8O16. The summed E-state index contributed by atoms with van der Waals surface area (Å²) in [5.41, 5.74) is 11.9. The van der Waals surface area contributed by atoms with Crippen molar-refractivity contribution in [3.63, 3.8) is 0 Å². The lowest BCUT2D eigenvalue weighted by Crippen LogP contribution is -2.07. The van der Waals surface area contributed by atoms with Crippen molar-refractivity contribution in [3.05, 3.63) is 468 Å². The van der Waals surface area contributed by atoms with Gasteiger partial charge in [-0.05, 0) is 272 Å². The molecule has 0 spiro atoms. The Morgan fingerprint density at radius 1 is 0.303 bits per heavy atom. The van der Waals surface area contributed by atoms with Crippen LogP contribution in [-0.4, -0.2) is 113 Å². The zero-order chi connectivity index (χ0) is 104. The van der Waals surface area contributed by atoms with E-state index in [2.05, 4.69) is 52.6 Å². The average molecular weight is 1950 g/mol. The first-order chi connectivity index (χ1) is 70.0. The molecule has 0 amide bonds. The topological polar surface area (TPSA) is 283 Å². The minimum atomic E-state index is -4.39. The predicted octanol–water partition coefficient (Wildman–Crippen LogP) is 24.7. The summed E-state index contributed by atoms with van der Waals surface area (Å²) in [7, 11) is 3.20. The first-order valence-electron chi connectivity index (χ1n) is 44.9.